The molecule has 1 fully saturated rings. The molecule has 1 aromatic carbocycles. The van der Waals surface area contributed by atoms with E-state index in [9.17, 15) is 5.11 Å². The molecule has 2 aromatic rings. The van der Waals surface area contributed by atoms with Gasteiger partial charge in [0.1, 0.15) is 5.75 Å². The van der Waals surface area contributed by atoms with Gasteiger partial charge >= 0.3 is 0 Å². The van der Waals surface area contributed by atoms with Crippen LogP contribution in [0.1, 0.15) is 18.9 Å². The molecule has 0 bridgehead atoms. The molecule has 3 rings (SSSR count). The Balaban J connectivity index is 2.14. The van der Waals surface area contributed by atoms with E-state index in [1.807, 2.05) is 4.57 Å². The smallest absolute Gasteiger partial charge is 0.195 e. The summed E-state index contributed by atoms with van der Waals surface area (Å²) in [6.45, 7) is 0. The highest BCUT2D eigenvalue weighted by Crippen LogP contribution is 2.38. The molecule has 1 aliphatic carbocycles. The first-order valence-electron chi connectivity index (χ1n) is 5.32. The molecule has 0 amide bonds. The second kappa shape index (κ2) is 3.85. The Kier molecular flexibility index (Phi) is 2.45. The van der Waals surface area contributed by atoms with Crippen molar-refractivity contribution >= 4 is 23.8 Å². The van der Waals surface area contributed by atoms with E-state index in [0.717, 1.165) is 24.2 Å². The van der Waals surface area contributed by atoms with Crippen LogP contribution >= 0.6 is 23.8 Å². The van der Waals surface area contributed by atoms with Crippen molar-refractivity contribution in [3.63, 3.8) is 0 Å². The van der Waals surface area contributed by atoms with Crippen molar-refractivity contribution in [3.05, 3.63) is 28.0 Å². The Bertz CT molecular complexity index is 630. The molecule has 4 nitrogen and oxygen atoms in total. The van der Waals surface area contributed by atoms with Crippen LogP contribution in [0.5, 0.6) is 5.75 Å². The van der Waals surface area contributed by atoms with Gasteiger partial charge in [0, 0.05) is 11.6 Å². The average Bonchev–Trinajstić information content (AvgIpc) is 3.06. The van der Waals surface area contributed by atoms with Gasteiger partial charge in [-0.25, -0.2) is 0 Å². The third kappa shape index (κ3) is 1.85. The lowest BCUT2D eigenvalue weighted by molar-refractivity contribution is 0.475. The fraction of sp³-hybridized carbons (Fsp3) is 0.273. The van der Waals surface area contributed by atoms with Crippen LogP contribution in [0, 0.1) is 4.77 Å². The van der Waals surface area contributed by atoms with Crippen molar-refractivity contribution in [1.29, 1.82) is 0 Å². The third-order valence-electron chi connectivity index (χ3n) is 2.82. The molecule has 6 heteroatoms. The average molecular weight is 268 g/mol. The number of hydrogen-bond donors (Lipinski definition) is 2. The first-order valence-corrected chi connectivity index (χ1v) is 6.11. The highest BCUT2D eigenvalue weighted by atomic mass is 35.5. The van der Waals surface area contributed by atoms with E-state index >= 15 is 0 Å². The number of aromatic hydroxyl groups is 1. The highest BCUT2D eigenvalue weighted by Gasteiger charge is 2.27. The minimum absolute atomic E-state index is 0.0718. The maximum atomic E-state index is 9.40. The summed E-state index contributed by atoms with van der Waals surface area (Å²) in [7, 11) is 0. The summed E-state index contributed by atoms with van der Waals surface area (Å²) in [6, 6.07) is 5.49. The topological polar surface area (TPSA) is 53.8 Å². The van der Waals surface area contributed by atoms with E-state index < -0.39 is 0 Å². The van der Waals surface area contributed by atoms with Gasteiger partial charge in [0.25, 0.3) is 0 Å². The SMILES string of the molecule is Oc1ccc(-c2n[nH]c(=S)n2C2CC2)cc1Cl. The summed E-state index contributed by atoms with van der Waals surface area (Å²) >= 11 is 11.1. The number of hydrogen-bond acceptors (Lipinski definition) is 3. The Hall–Kier alpha value is -1.33. The molecule has 2 N–H and O–H groups in total. The van der Waals surface area contributed by atoms with Crippen LogP contribution in [0.2, 0.25) is 5.02 Å². The van der Waals surface area contributed by atoms with Gasteiger partial charge in [-0.1, -0.05) is 11.6 Å². The van der Waals surface area contributed by atoms with Crippen molar-refractivity contribution < 1.29 is 5.11 Å². The molecule has 0 radical (unpaired) electrons. The number of benzene rings is 1. The summed E-state index contributed by atoms with van der Waals surface area (Å²) in [6.07, 6.45) is 2.26. The Morgan fingerprint density at radius 2 is 2.24 bits per heavy atom. The summed E-state index contributed by atoms with van der Waals surface area (Å²) in [5.41, 5.74) is 0.854. The molecule has 0 aliphatic heterocycles. The van der Waals surface area contributed by atoms with Crippen molar-refractivity contribution in [2.24, 2.45) is 0 Å². The summed E-state index contributed by atoms with van der Waals surface area (Å²) in [4.78, 5) is 0. The van der Waals surface area contributed by atoms with E-state index in [-0.39, 0.29) is 5.75 Å². The summed E-state index contributed by atoms with van der Waals surface area (Å²) < 4.78 is 2.64. The molecule has 0 spiro atoms. The van der Waals surface area contributed by atoms with Crippen molar-refractivity contribution in [3.8, 4) is 17.1 Å². The van der Waals surface area contributed by atoms with Crippen LogP contribution in [0.25, 0.3) is 11.4 Å². The van der Waals surface area contributed by atoms with E-state index in [4.69, 9.17) is 23.8 Å². The fourth-order valence-corrected chi connectivity index (χ4v) is 2.29. The lowest BCUT2D eigenvalue weighted by atomic mass is 10.2. The van der Waals surface area contributed by atoms with Crippen molar-refractivity contribution in [2.75, 3.05) is 0 Å². The van der Waals surface area contributed by atoms with Crippen LogP contribution in [-0.4, -0.2) is 19.9 Å². The number of aromatic amines is 1. The van der Waals surface area contributed by atoms with Gasteiger partial charge in [0.2, 0.25) is 0 Å². The van der Waals surface area contributed by atoms with Gasteiger partial charge in [-0.2, -0.15) is 5.10 Å². The number of aromatic nitrogens is 3. The van der Waals surface area contributed by atoms with Gasteiger partial charge in [-0.05, 0) is 43.3 Å². The summed E-state index contributed by atoms with van der Waals surface area (Å²) in [5.74, 6) is 0.849. The zero-order valence-electron chi connectivity index (χ0n) is 8.85. The predicted molar refractivity (Wildman–Crippen MR) is 67.8 cm³/mol. The van der Waals surface area contributed by atoms with Crippen LogP contribution in [-0.2, 0) is 0 Å². The van der Waals surface area contributed by atoms with Gasteiger partial charge in [-0.3, -0.25) is 9.67 Å². The van der Waals surface area contributed by atoms with E-state index in [1.165, 1.54) is 0 Å². The van der Waals surface area contributed by atoms with Crippen LogP contribution in [0.4, 0.5) is 0 Å². The zero-order chi connectivity index (χ0) is 12.0. The van der Waals surface area contributed by atoms with Crippen LogP contribution in [0.3, 0.4) is 0 Å². The molecule has 17 heavy (non-hydrogen) atoms. The number of nitrogens with one attached hydrogen (secondary N) is 1. The standard InChI is InChI=1S/C11H10ClN3OS/c12-8-5-6(1-4-9(8)16)10-13-14-11(17)15(10)7-2-3-7/h1,4-5,7,16H,2-3H2,(H,14,17). The molecule has 88 valence electrons. The minimum Gasteiger partial charge on any atom is -0.506 e. The molecular weight excluding hydrogens is 258 g/mol. The van der Waals surface area contributed by atoms with Crippen molar-refractivity contribution in [1.82, 2.24) is 14.8 Å². The Labute approximate surface area is 108 Å². The first kappa shape index (κ1) is 10.8. The molecule has 0 unspecified atom stereocenters. The first-order chi connectivity index (χ1) is 8.16. The van der Waals surface area contributed by atoms with Gasteiger partial charge < -0.3 is 5.11 Å². The molecular formula is C11H10ClN3OS. The maximum Gasteiger partial charge on any atom is 0.195 e. The molecule has 1 aliphatic rings. The molecule has 0 atom stereocenters. The number of phenols is 1. The third-order valence-corrected chi connectivity index (χ3v) is 3.41. The quantitative estimate of drug-likeness (QED) is 0.821. The number of halogens is 1. The molecule has 0 saturated heterocycles. The Morgan fingerprint density at radius 1 is 1.47 bits per heavy atom. The second-order valence-corrected chi connectivity index (χ2v) is 4.91. The van der Waals surface area contributed by atoms with E-state index in [0.29, 0.717) is 15.8 Å². The highest BCUT2D eigenvalue weighted by molar-refractivity contribution is 7.71. The largest absolute Gasteiger partial charge is 0.506 e. The second-order valence-electron chi connectivity index (χ2n) is 4.12. The zero-order valence-corrected chi connectivity index (χ0v) is 10.4. The lowest BCUT2D eigenvalue weighted by Crippen LogP contribution is -1.97. The maximum absolute atomic E-state index is 9.40. The van der Waals surface area contributed by atoms with Crippen LogP contribution in [0.15, 0.2) is 18.2 Å². The number of H-pyrrole nitrogens is 1. The van der Waals surface area contributed by atoms with Gasteiger partial charge in [0.15, 0.2) is 10.6 Å². The summed E-state index contributed by atoms with van der Waals surface area (Å²) in [5, 5.41) is 16.7. The molecule has 1 heterocycles. The van der Waals surface area contributed by atoms with Gasteiger partial charge in [0.05, 0.1) is 5.02 Å². The number of rotatable bonds is 2. The fourth-order valence-electron chi connectivity index (χ4n) is 1.83. The van der Waals surface area contributed by atoms with Crippen LogP contribution < -0.4 is 0 Å². The lowest BCUT2D eigenvalue weighted by Gasteiger charge is -2.05. The minimum atomic E-state index is 0.0718. The van der Waals surface area contributed by atoms with Crippen molar-refractivity contribution in [2.45, 2.75) is 18.9 Å². The van der Waals surface area contributed by atoms with Gasteiger partial charge in [-0.15, -0.1) is 0 Å². The number of nitrogens with zero attached hydrogens (tertiary/aromatic N) is 2. The molecule has 1 aromatic heterocycles. The van der Waals surface area contributed by atoms with E-state index in [2.05, 4.69) is 10.2 Å². The predicted octanol–water partition coefficient (Wildman–Crippen LogP) is 3.30. The number of phenolic OH excluding ortho intramolecular Hbond substituents is 1. The van der Waals surface area contributed by atoms with E-state index in [1.54, 1.807) is 18.2 Å². The molecule has 1 saturated carbocycles. The normalized spacial score (nSPS) is 15.1. The Morgan fingerprint density at radius 3 is 2.88 bits per heavy atom. The monoisotopic (exact) mass is 267 g/mol.